The van der Waals surface area contributed by atoms with Crippen LogP contribution in [-0.4, -0.2) is 8.42 Å². The number of rotatable bonds is 6. The third-order valence-corrected chi connectivity index (χ3v) is 4.99. The maximum atomic E-state index is 13.7. The van der Waals surface area contributed by atoms with Gasteiger partial charge in [-0.05, 0) is 24.1 Å². The van der Waals surface area contributed by atoms with Crippen LogP contribution < -0.4 is 4.72 Å². The van der Waals surface area contributed by atoms with Gasteiger partial charge in [0.25, 0.3) is 0 Å². The van der Waals surface area contributed by atoms with E-state index in [4.69, 9.17) is 11.6 Å². The molecule has 22 heavy (non-hydrogen) atoms. The summed E-state index contributed by atoms with van der Waals surface area (Å²) in [7, 11) is -3.71. The standard InChI is InChI=1S/C16H17ClFNO2S/c1-2-16(12-7-4-3-5-8-12)19-22(20,21)11-13-14(17)9-6-10-15(13)18/h3-10,16,19H,2,11H2,1H3. The first-order chi connectivity index (χ1) is 10.4. The van der Waals surface area contributed by atoms with Crippen molar-refractivity contribution in [3.8, 4) is 0 Å². The molecule has 0 aliphatic carbocycles. The van der Waals surface area contributed by atoms with E-state index in [2.05, 4.69) is 4.72 Å². The monoisotopic (exact) mass is 341 g/mol. The molecule has 3 nitrogen and oxygen atoms in total. The fourth-order valence-corrected chi connectivity index (χ4v) is 3.99. The van der Waals surface area contributed by atoms with Crippen molar-refractivity contribution in [2.45, 2.75) is 25.1 Å². The topological polar surface area (TPSA) is 46.2 Å². The van der Waals surface area contributed by atoms with Crippen LogP contribution in [0.5, 0.6) is 0 Å². The van der Waals surface area contributed by atoms with E-state index < -0.39 is 21.6 Å². The van der Waals surface area contributed by atoms with Crippen molar-refractivity contribution >= 4 is 21.6 Å². The van der Waals surface area contributed by atoms with E-state index in [9.17, 15) is 12.8 Å². The van der Waals surface area contributed by atoms with Gasteiger partial charge in [-0.25, -0.2) is 17.5 Å². The summed E-state index contributed by atoms with van der Waals surface area (Å²) in [5.74, 6) is -1.10. The van der Waals surface area contributed by atoms with Gasteiger partial charge in [0.2, 0.25) is 10.0 Å². The molecular weight excluding hydrogens is 325 g/mol. The van der Waals surface area contributed by atoms with Crippen molar-refractivity contribution in [1.29, 1.82) is 0 Å². The molecule has 0 saturated heterocycles. The van der Waals surface area contributed by atoms with Crippen LogP contribution >= 0.6 is 11.6 Å². The summed E-state index contributed by atoms with van der Waals surface area (Å²) in [6.07, 6.45) is 0.592. The van der Waals surface area contributed by atoms with Gasteiger partial charge in [0.05, 0.1) is 5.75 Å². The molecular formula is C16H17ClFNO2S. The molecule has 0 fully saturated rings. The van der Waals surface area contributed by atoms with Gasteiger partial charge in [0.1, 0.15) is 5.82 Å². The summed E-state index contributed by atoms with van der Waals surface area (Å²) in [4.78, 5) is 0. The average Bonchev–Trinajstić information content (AvgIpc) is 2.50. The zero-order valence-electron chi connectivity index (χ0n) is 12.1. The maximum absolute atomic E-state index is 13.7. The van der Waals surface area contributed by atoms with Crippen LogP contribution in [0.25, 0.3) is 0 Å². The van der Waals surface area contributed by atoms with E-state index in [-0.39, 0.29) is 16.6 Å². The number of nitrogens with one attached hydrogen (secondary N) is 1. The summed E-state index contributed by atoms with van der Waals surface area (Å²) < 4.78 is 41.0. The minimum absolute atomic E-state index is 0.0143. The molecule has 118 valence electrons. The third kappa shape index (κ3) is 4.29. The molecule has 1 unspecified atom stereocenters. The van der Waals surface area contributed by atoms with Crippen LogP contribution in [0.1, 0.15) is 30.5 Å². The van der Waals surface area contributed by atoms with E-state index in [1.807, 2.05) is 37.3 Å². The van der Waals surface area contributed by atoms with Crippen molar-refractivity contribution in [2.24, 2.45) is 0 Å². The van der Waals surface area contributed by atoms with E-state index in [0.29, 0.717) is 6.42 Å². The van der Waals surface area contributed by atoms with Gasteiger partial charge in [0.15, 0.2) is 0 Å². The lowest BCUT2D eigenvalue weighted by Crippen LogP contribution is -2.29. The Hall–Kier alpha value is -1.43. The molecule has 0 spiro atoms. The first kappa shape index (κ1) is 16.9. The van der Waals surface area contributed by atoms with Gasteiger partial charge in [-0.3, -0.25) is 0 Å². The second-order valence-corrected chi connectivity index (χ2v) is 7.11. The Balaban J connectivity index is 2.20. The number of halogens is 2. The largest absolute Gasteiger partial charge is 0.216 e. The highest BCUT2D eigenvalue weighted by atomic mass is 35.5. The SMILES string of the molecule is CCC(NS(=O)(=O)Cc1c(F)cccc1Cl)c1ccccc1. The highest BCUT2D eigenvalue weighted by Crippen LogP contribution is 2.23. The van der Waals surface area contributed by atoms with E-state index >= 15 is 0 Å². The minimum atomic E-state index is -3.71. The predicted molar refractivity (Wildman–Crippen MR) is 86.6 cm³/mol. The molecule has 6 heteroatoms. The first-order valence-electron chi connectivity index (χ1n) is 6.91. The zero-order valence-corrected chi connectivity index (χ0v) is 13.7. The number of sulfonamides is 1. The van der Waals surface area contributed by atoms with Crippen molar-refractivity contribution in [1.82, 2.24) is 4.72 Å². The van der Waals surface area contributed by atoms with Crippen LogP contribution in [-0.2, 0) is 15.8 Å². The van der Waals surface area contributed by atoms with Gasteiger partial charge >= 0.3 is 0 Å². The maximum Gasteiger partial charge on any atom is 0.216 e. The highest BCUT2D eigenvalue weighted by Gasteiger charge is 2.21. The predicted octanol–water partition coefficient (Wildman–Crippen LogP) is 4.05. The van der Waals surface area contributed by atoms with Gasteiger partial charge in [-0.15, -0.1) is 0 Å². The van der Waals surface area contributed by atoms with E-state index in [1.54, 1.807) is 0 Å². The highest BCUT2D eigenvalue weighted by molar-refractivity contribution is 7.88. The van der Waals surface area contributed by atoms with Crippen LogP contribution in [0.2, 0.25) is 5.02 Å². The molecule has 0 bridgehead atoms. The lowest BCUT2D eigenvalue weighted by Gasteiger charge is -2.18. The van der Waals surface area contributed by atoms with Gasteiger partial charge in [-0.1, -0.05) is 54.9 Å². The third-order valence-electron chi connectivity index (χ3n) is 3.33. The fraction of sp³-hybridized carbons (Fsp3) is 0.250. The summed E-state index contributed by atoms with van der Waals surface area (Å²) in [6, 6.07) is 13.0. The minimum Gasteiger partial charge on any atom is -0.212 e. The van der Waals surface area contributed by atoms with Crippen LogP contribution in [0.15, 0.2) is 48.5 Å². The Morgan fingerprint density at radius 2 is 1.82 bits per heavy atom. The van der Waals surface area contributed by atoms with Crippen LogP contribution in [0.3, 0.4) is 0 Å². The Kier molecular flexibility index (Phi) is 5.56. The molecule has 2 rings (SSSR count). The zero-order chi connectivity index (χ0) is 16.2. The summed E-state index contributed by atoms with van der Waals surface area (Å²) in [5.41, 5.74) is 0.854. The van der Waals surface area contributed by atoms with Gasteiger partial charge in [0, 0.05) is 16.6 Å². The fourth-order valence-electron chi connectivity index (χ4n) is 2.19. The van der Waals surface area contributed by atoms with Gasteiger partial charge < -0.3 is 0 Å². The number of benzene rings is 2. The Labute approximate surface area is 135 Å². The smallest absolute Gasteiger partial charge is 0.212 e. The van der Waals surface area contributed by atoms with E-state index in [1.165, 1.54) is 18.2 Å². The number of hydrogen-bond donors (Lipinski definition) is 1. The second kappa shape index (κ2) is 7.22. The van der Waals surface area contributed by atoms with Gasteiger partial charge in [-0.2, -0.15) is 0 Å². The Bertz CT molecular complexity index is 715. The number of hydrogen-bond acceptors (Lipinski definition) is 2. The normalized spacial score (nSPS) is 13.0. The van der Waals surface area contributed by atoms with Crippen molar-refractivity contribution in [2.75, 3.05) is 0 Å². The molecule has 0 aromatic heterocycles. The van der Waals surface area contributed by atoms with E-state index in [0.717, 1.165) is 5.56 Å². The molecule has 1 atom stereocenters. The lowest BCUT2D eigenvalue weighted by molar-refractivity contribution is 0.546. The lowest BCUT2D eigenvalue weighted by atomic mass is 10.1. The summed E-state index contributed by atoms with van der Waals surface area (Å²) in [6.45, 7) is 1.89. The second-order valence-electron chi connectivity index (χ2n) is 4.95. The quantitative estimate of drug-likeness (QED) is 0.861. The summed E-state index contributed by atoms with van der Waals surface area (Å²) in [5, 5.41) is 0.109. The molecule has 0 aliphatic heterocycles. The summed E-state index contributed by atoms with van der Waals surface area (Å²) >= 11 is 5.89. The molecule has 2 aromatic rings. The van der Waals surface area contributed by atoms with Crippen molar-refractivity contribution < 1.29 is 12.8 Å². The van der Waals surface area contributed by atoms with Crippen LogP contribution in [0, 0.1) is 5.82 Å². The molecule has 0 heterocycles. The average molecular weight is 342 g/mol. The van der Waals surface area contributed by atoms with Crippen molar-refractivity contribution in [3.05, 3.63) is 70.5 Å². The molecule has 1 N–H and O–H groups in total. The van der Waals surface area contributed by atoms with Crippen LogP contribution in [0.4, 0.5) is 4.39 Å². The first-order valence-corrected chi connectivity index (χ1v) is 8.94. The Morgan fingerprint density at radius 3 is 2.41 bits per heavy atom. The van der Waals surface area contributed by atoms with Crippen molar-refractivity contribution in [3.63, 3.8) is 0 Å². The molecule has 0 aliphatic rings. The Morgan fingerprint density at radius 1 is 1.14 bits per heavy atom. The molecule has 0 saturated carbocycles. The molecule has 0 radical (unpaired) electrons. The molecule has 2 aromatic carbocycles. The molecule has 0 amide bonds.